The second kappa shape index (κ2) is 9.36. The molecule has 2 aromatic carbocycles. The lowest BCUT2D eigenvalue weighted by Gasteiger charge is -2.16. The van der Waals surface area contributed by atoms with Gasteiger partial charge in [0.2, 0.25) is 0 Å². The highest BCUT2D eigenvalue weighted by atomic mass is 32.2. The van der Waals surface area contributed by atoms with Crippen LogP contribution < -0.4 is 0 Å². The summed E-state index contributed by atoms with van der Waals surface area (Å²) in [5, 5.41) is 19.9. The predicted molar refractivity (Wildman–Crippen MR) is 114 cm³/mol. The third-order valence-electron chi connectivity index (χ3n) is 5.08. The van der Waals surface area contributed by atoms with Crippen molar-refractivity contribution in [3.8, 4) is 5.69 Å². The molecule has 0 unspecified atom stereocenters. The smallest absolute Gasteiger partial charge is 0.269 e. The molecule has 1 saturated heterocycles. The van der Waals surface area contributed by atoms with Crippen LogP contribution in [0.25, 0.3) is 5.69 Å². The zero-order valence-electron chi connectivity index (χ0n) is 16.6. The first kappa shape index (κ1) is 21.1. The Hall–Kier alpha value is -3.11. The van der Waals surface area contributed by atoms with Crippen LogP contribution in [0, 0.1) is 15.9 Å². The number of thioether (sulfide) groups is 1. The summed E-state index contributed by atoms with van der Waals surface area (Å²) in [4.78, 5) is 25.1. The zero-order valence-corrected chi connectivity index (χ0v) is 17.4. The van der Waals surface area contributed by atoms with Gasteiger partial charge in [-0.3, -0.25) is 24.4 Å². The van der Waals surface area contributed by atoms with Gasteiger partial charge in [-0.2, -0.15) is 0 Å². The van der Waals surface area contributed by atoms with E-state index in [9.17, 15) is 19.3 Å². The molecule has 0 aliphatic carbocycles. The second-order valence-corrected chi connectivity index (χ2v) is 8.15. The number of carbonyl (C=O) groups excluding carboxylic acids is 1. The number of hydrogen-bond donors (Lipinski definition) is 0. The molecule has 31 heavy (non-hydrogen) atoms. The number of aromatic nitrogens is 3. The van der Waals surface area contributed by atoms with E-state index in [1.807, 2.05) is 4.57 Å². The molecule has 160 valence electrons. The minimum Gasteiger partial charge on any atom is -0.296 e. The highest BCUT2D eigenvalue weighted by molar-refractivity contribution is 7.99. The Morgan fingerprint density at radius 1 is 1.06 bits per heavy atom. The Kier molecular flexibility index (Phi) is 6.38. The molecule has 1 aromatic heterocycles. The molecule has 1 fully saturated rings. The van der Waals surface area contributed by atoms with E-state index in [1.165, 1.54) is 48.2 Å². The molecule has 0 saturated carbocycles. The van der Waals surface area contributed by atoms with E-state index in [4.69, 9.17) is 0 Å². The Labute approximate surface area is 182 Å². The molecule has 0 radical (unpaired) electrons. The Morgan fingerprint density at radius 2 is 1.74 bits per heavy atom. The maximum atomic E-state index is 13.4. The van der Waals surface area contributed by atoms with Gasteiger partial charge < -0.3 is 0 Å². The molecule has 4 rings (SSSR count). The lowest BCUT2D eigenvalue weighted by atomic mass is 10.1. The van der Waals surface area contributed by atoms with Crippen molar-refractivity contribution in [1.82, 2.24) is 19.7 Å². The molecule has 10 heteroatoms. The van der Waals surface area contributed by atoms with Crippen molar-refractivity contribution >= 4 is 23.2 Å². The van der Waals surface area contributed by atoms with Crippen LogP contribution in [0.4, 0.5) is 10.1 Å². The number of nitro groups is 1. The molecule has 0 atom stereocenters. The van der Waals surface area contributed by atoms with Gasteiger partial charge in [0.05, 0.1) is 17.2 Å². The molecule has 3 aromatic rings. The van der Waals surface area contributed by atoms with Crippen LogP contribution >= 0.6 is 11.8 Å². The van der Waals surface area contributed by atoms with Crippen molar-refractivity contribution < 1.29 is 14.1 Å². The monoisotopic (exact) mass is 441 g/mol. The van der Waals surface area contributed by atoms with Crippen LogP contribution in [0.5, 0.6) is 0 Å². The molecule has 0 amide bonds. The number of likely N-dealkylation sites (tertiary alicyclic amines) is 1. The Bertz CT molecular complexity index is 1080. The fourth-order valence-electron chi connectivity index (χ4n) is 3.47. The number of nitro benzene ring substituents is 1. The third-order valence-corrected chi connectivity index (χ3v) is 6.01. The fourth-order valence-corrected chi connectivity index (χ4v) is 4.33. The first-order valence-electron chi connectivity index (χ1n) is 9.84. The van der Waals surface area contributed by atoms with E-state index in [0.29, 0.717) is 17.3 Å². The van der Waals surface area contributed by atoms with Crippen LogP contribution in [0.3, 0.4) is 0 Å². The van der Waals surface area contributed by atoms with Crippen molar-refractivity contribution in [2.45, 2.75) is 24.5 Å². The van der Waals surface area contributed by atoms with Gasteiger partial charge >= 0.3 is 0 Å². The van der Waals surface area contributed by atoms with Gasteiger partial charge in [-0.05, 0) is 62.3 Å². The lowest BCUT2D eigenvalue weighted by Crippen LogP contribution is -2.21. The third kappa shape index (κ3) is 4.97. The molecule has 8 nitrogen and oxygen atoms in total. The van der Waals surface area contributed by atoms with Gasteiger partial charge in [-0.15, -0.1) is 10.2 Å². The summed E-state index contributed by atoms with van der Waals surface area (Å²) in [6.45, 7) is 2.62. The molecule has 2 heterocycles. The van der Waals surface area contributed by atoms with Gasteiger partial charge in [0.15, 0.2) is 16.8 Å². The summed E-state index contributed by atoms with van der Waals surface area (Å²) in [7, 11) is 0. The number of carbonyl (C=O) groups is 1. The molecule has 0 N–H and O–H groups in total. The first-order chi connectivity index (χ1) is 15.0. The fraction of sp³-hybridized carbons (Fsp3) is 0.286. The minimum atomic E-state index is -0.504. The van der Waals surface area contributed by atoms with Gasteiger partial charge in [0.1, 0.15) is 5.82 Å². The van der Waals surface area contributed by atoms with Crippen LogP contribution in [-0.4, -0.2) is 49.2 Å². The van der Waals surface area contributed by atoms with Crippen molar-refractivity contribution in [2.75, 3.05) is 18.8 Å². The Morgan fingerprint density at radius 3 is 2.39 bits per heavy atom. The number of Topliss-reactive ketones (excluding diaryl/α,β-unsaturated/α-hetero) is 1. The van der Waals surface area contributed by atoms with Crippen molar-refractivity contribution in [3.63, 3.8) is 0 Å². The predicted octanol–water partition coefficient (Wildman–Crippen LogP) is 3.89. The summed E-state index contributed by atoms with van der Waals surface area (Å²) >= 11 is 1.23. The van der Waals surface area contributed by atoms with E-state index in [1.54, 1.807) is 12.1 Å². The van der Waals surface area contributed by atoms with Gasteiger partial charge in [0, 0.05) is 23.4 Å². The summed E-state index contributed by atoms with van der Waals surface area (Å²) in [5.41, 5.74) is 1.06. The number of ketones is 1. The normalized spacial score (nSPS) is 14.1. The largest absolute Gasteiger partial charge is 0.296 e. The van der Waals surface area contributed by atoms with Crippen LogP contribution in [0.2, 0.25) is 0 Å². The van der Waals surface area contributed by atoms with E-state index < -0.39 is 4.92 Å². The van der Waals surface area contributed by atoms with Crippen molar-refractivity contribution in [3.05, 3.63) is 75.9 Å². The SMILES string of the molecule is O=C(CSc1nnc(CN2CCCC2)n1-c1ccc(F)cc1)c1ccc([N+](=O)[O-])cc1. The quantitative estimate of drug-likeness (QED) is 0.227. The molecular weight excluding hydrogens is 421 g/mol. The van der Waals surface area contributed by atoms with E-state index in [2.05, 4.69) is 15.1 Å². The van der Waals surface area contributed by atoms with E-state index in [0.717, 1.165) is 37.4 Å². The summed E-state index contributed by atoms with van der Waals surface area (Å²) < 4.78 is 15.3. The maximum absolute atomic E-state index is 13.4. The van der Waals surface area contributed by atoms with E-state index >= 15 is 0 Å². The molecular formula is C21H20FN5O3S. The van der Waals surface area contributed by atoms with Gasteiger partial charge in [-0.25, -0.2) is 4.39 Å². The number of rotatable bonds is 8. The minimum absolute atomic E-state index is 0.0631. The van der Waals surface area contributed by atoms with Crippen molar-refractivity contribution in [1.29, 1.82) is 0 Å². The van der Waals surface area contributed by atoms with Crippen LogP contribution in [0.15, 0.2) is 53.7 Å². The number of nitrogens with zero attached hydrogens (tertiary/aromatic N) is 5. The summed E-state index contributed by atoms with van der Waals surface area (Å²) in [5.74, 6) is 0.329. The average molecular weight is 441 g/mol. The Balaban J connectivity index is 1.54. The van der Waals surface area contributed by atoms with Gasteiger partial charge in [0.25, 0.3) is 5.69 Å². The topological polar surface area (TPSA) is 94.2 Å². The summed E-state index contributed by atoms with van der Waals surface area (Å²) in [6, 6.07) is 11.6. The van der Waals surface area contributed by atoms with Crippen molar-refractivity contribution in [2.24, 2.45) is 0 Å². The highest BCUT2D eigenvalue weighted by Crippen LogP contribution is 2.25. The number of non-ortho nitro benzene ring substituents is 1. The maximum Gasteiger partial charge on any atom is 0.269 e. The first-order valence-corrected chi connectivity index (χ1v) is 10.8. The second-order valence-electron chi connectivity index (χ2n) is 7.21. The summed E-state index contributed by atoms with van der Waals surface area (Å²) in [6.07, 6.45) is 2.30. The molecule has 0 spiro atoms. The zero-order chi connectivity index (χ0) is 21.8. The number of hydrogen-bond acceptors (Lipinski definition) is 7. The van der Waals surface area contributed by atoms with E-state index in [-0.39, 0.29) is 23.0 Å². The van der Waals surface area contributed by atoms with Crippen LogP contribution in [-0.2, 0) is 6.54 Å². The van der Waals surface area contributed by atoms with Gasteiger partial charge in [-0.1, -0.05) is 11.8 Å². The van der Waals surface area contributed by atoms with Crippen LogP contribution in [0.1, 0.15) is 29.0 Å². The average Bonchev–Trinajstić information content (AvgIpc) is 3.43. The standard InChI is InChI=1S/C21H20FN5O3S/c22-16-5-9-17(10-6-16)26-20(13-25-11-1-2-12-25)23-24-21(26)31-14-19(28)15-3-7-18(8-4-15)27(29)30/h3-10H,1-2,11-14H2. The lowest BCUT2D eigenvalue weighted by molar-refractivity contribution is -0.384. The molecule has 1 aliphatic heterocycles. The highest BCUT2D eigenvalue weighted by Gasteiger charge is 2.20. The number of benzene rings is 2. The molecule has 1 aliphatic rings. The molecule has 0 bridgehead atoms. The number of halogens is 1.